The highest BCUT2D eigenvalue weighted by molar-refractivity contribution is 7.89. The topological polar surface area (TPSA) is 102 Å². The molecule has 7 rings (SSSR count). The Hall–Kier alpha value is -3.71. The van der Waals surface area contributed by atoms with Crippen LogP contribution in [0.1, 0.15) is 82.0 Å². The van der Waals surface area contributed by atoms with E-state index in [1.54, 1.807) is 24.3 Å². The maximum atomic E-state index is 13.9. The molecule has 0 bridgehead atoms. The van der Waals surface area contributed by atoms with Crippen molar-refractivity contribution >= 4 is 33.4 Å². The monoisotopic (exact) mass is 642 g/mol. The number of halogens is 1. The van der Waals surface area contributed by atoms with E-state index in [0.29, 0.717) is 55.2 Å². The minimum absolute atomic E-state index is 0.0197. The van der Waals surface area contributed by atoms with Crippen molar-refractivity contribution < 1.29 is 18.0 Å². The number of carbonyl (C=O) groups excluding carboxylic acids is 2. The lowest BCUT2D eigenvalue weighted by Crippen LogP contribution is -2.44. The summed E-state index contributed by atoms with van der Waals surface area (Å²) >= 11 is 6.43. The van der Waals surface area contributed by atoms with Crippen LogP contribution in [0.3, 0.4) is 0 Å². The predicted molar refractivity (Wildman–Crippen MR) is 170 cm³/mol. The first-order chi connectivity index (χ1) is 21.7. The van der Waals surface area contributed by atoms with Gasteiger partial charge in [-0.2, -0.15) is 9.57 Å². The van der Waals surface area contributed by atoms with Crippen LogP contribution >= 0.6 is 11.6 Å². The minimum Gasteiger partial charge on any atom is -0.338 e. The number of fused-ring (bicyclic) bond motifs is 1. The highest BCUT2D eigenvalue weighted by Gasteiger charge is 2.45. The van der Waals surface area contributed by atoms with Gasteiger partial charge in [0.05, 0.1) is 27.1 Å². The average Bonchev–Trinajstić information content (AvgIpc) is 3.68. The second kappa shape index (κ2) is 11.6. The fraction of sp³-hybridized carbons (Fsp3) is 0.400. The smallest absolute Gasteiger partial charge is 0.256 e. The van der Waals surface area contributed by atoms with Crippen LogP contribution in [0.5, 0.6) is 0 Å². The number of nitrogens with zero attached hydrogens (tertiary/aromatic N) is 4. The molecule has 3 fully saturated rings. The van der Waals surface area contributed by atoms with Gasteiger partial charge in [-0.3, -0.25) is 9.59 Å². The lowest BCUT2D eigenvalue weighted by atomic mass is 9.78. The SMILES string of the molecule is N#Cc1ccccc1S(=O)(=O)N1CCC2(CCN(C(=O)c3ccc4c(c3)C(N(C(=O)c3ccccc3Cl)C3CC3)CC4)C2)CC1. The van der Waals surface area contributed by atoms with Crippen molar-refractivity contribution in [2.24, 2.45) is 5.41 Å². The summed E-state index contributed by atoms with van der Waals surface area (Å²) in [5.41, 5.74) is 3.41. The summed E-state index contributed by atoms with van der Waals surface area (Å²) < 4.78 is 28.2. The zero-order valence-corrected chi connectivity index (χ0v) is 26.6. The van der Waals surface area contributed by atoms with E-state index in [9.17, 15) is 23.3 Å². The molecule has 232 valence electrons. The van der Waals surface area contributed by atoms with Gasteiger partial charge in [0.2, 0.25) is 10.0 Å². The summed E-state index contributed by atoms with van der Waals surface area (Å²) in [7, 11) is -3.78. The molecule has 0 N–H and O–H groups in total. The van der Waals surface area contributed by atoms with Crippen LogP contribution in [-0.4, -0.2) is 66.6 Å². The van der Waals surface area contributed by atoms with Gasteiger partial charge in [0.15, 0.2) is 0 Å². The van der Waals surface area contributed by atoms with Gasteiger partial charge in [-0.1, -0.05) is 41.9 Å². The van der Waals surface area contributed by atoms with Crippen LogP contribution in [0, 0.1) is 16.7 Å². The Balaban J connectivity index is 1.05. The Labute approximate surface area is 269 Å². The van der Waals surface area contributed by atoms with E-state index >= 15 is 0 Å². The van der Waals surface area contributed by atoms with Crippen molar-refractivity contribution in [2.75, 3.05) is 26.2 Å². The molecule has 4 aliphatic rings. The molecule has 0 radical (unpaired) electrons. The lowest BCUT2D eigenvalue weighted by Gasteiger charge is -2.38. The highest BCUT2D eigenvalue weighted by atomic mass is 35.5. The molecule has 2 heterocycles. The molecule has 1 saturated carbocycles. The molecular weight excluding hydrogens is 608 g/mol. The number of likely N-dealkylation sites (tertiary alicyclic amines) is 1. The number of sulfonamides is 1. The molecule has 2 aliphatic heterocycles. The highest BCUT2D eigenvalue weighted by Crippen LogP contribution is 2.45. The van der Waals surface area contributed by atoms with Crippen molar-refractivity contribution in [2.45, 2.75) is 61.9 Å². The molecule has 2 aliphatic carbocycles. The van der Waals surface area contributed by atoms with Crippen LogP contribution in [0.2, 0.25) is 5.02 Å². The summed E-state index contributed by atoms with van der Waals surface area (Å²) in [5, 5.41) is 9.88. The van der Waals surface area contributed by atoms with Gasteiger partial charge in [0.1, 0.15) is 6.07 Å². The maximum absolute atomic E-state index is 13.9. The quantitative estimate of drug-likeness (QED) is 0.337. The van der Waals surface area contributed by atoms with E-state index in [-0.39, 0.29) is 39.8 Å². The fourth-order valence-electron chi connectivity index (χ4n) is 7.51. The number of piperidine rings is 1. The van der Waals surface area contributed by atoms with Gasteiger partial charge in [-0.15, -0.1) is 0 Å². The molecule has 8 nitrogen and oxygen atoms in total. The van der Waals surface area contributed by atoms with Crippen molar-refractivity contribution in [3.8, 4) is 6.07 Å². The minimum atomic E-state index is -3.78. The van der Waals surface area contributed by atoms with Crippen molar-refractivity contribution in [3.05, 3.63) is 99.6 Å². The first-order valence-corrected chi connectivity index (χ1v) is 17.5. The number of carbonyl (C=O) groups is 2. The zero-order valence-electron chi connectivity index (χ0n) is 25.0. The van der Waals surface area contributed by atoms with Gasteiger partial charge in [0.25, 0.3) is 11.8 Å². The third-order valence-electron chi connectivity index (χ3n) is 10.2. The number of benzene rings is 3. The van der Waals surface area contributed by atoms with Crippen LogP contribution in [-0.2, 0) is 16.4 Å². The molecule has 3 aromatic rings. The van der Waals surface area contributed by atoms with Crippen LogP contribution in [0.25, 0.3) is 0 Å². The molecule has 1 spiro atoms. The van der Waals surface area contributed by atoms with E-state index < -0.39 is 10.0 Å². The van der Waals surface area contributed by atoms with E-state index in [2.05, 4.69) is 0 Å². The van der Waals surface area contributed by atoms with Crippen LogP contribution < -0.4 is 0 Å². The Morgan fingerprint density at radius 1 is 0.933 bits per heavy atom. The molecule has 1 unspecified atom stereocenters. The fourth-order valence-corrected chi connectivity index (χ4v) is 9.31. The summed E-state index contributed by atoms with van der Waals surface area (Å²) in [4.78, 5) is 31.6. The van der Waals surface area contributed by atoms with Crippen molar-refractivity contribution in [3.63, 3.8) is 0 Å². The molecule has 0 aromatic heterocycles. The second-order valence-electron chi connectivity index (χ2n) is 12.9. The van der Waals surface area contributed by atoms with E-state index in [4.69, 9.17) is 11.6 Å². The number of hydrogen-bond acceptors (Lipinski definition) is 5. The molecule has 2 amide bonds. The third kappa shape index (κ3) is 5.43. The number of amides is 2. The lowest BCUT2D eigenvalue weighted by molar-refractivity contribution is 0.0658. The molecular formula is C35H35ClN4O4S. The standard InChI is InChI=1S/C35H35ClN4O4S/c36-30-7-3-2-6-28(30)34(42)40(27-12-13-27)31-14-11-24-9-10-25(21-29(24)31)33(41)38-18-15-35(23-38)16-19-39(20-17-35)45(43,44)32-8-4-1-5-26(32)22-37/h1-10,21,27,31H,11-20,23H2. The molecule has 45 heavy (non-hydrogen) atoms. The summed E-state index contributed by atoms with van der Waals surface area (Å²) in [6, 6.07) is 21.6. The molecule has 3 aromatic carbocycles. The summed E-state index contributed by atoms with van der Waals surface area (Å²) in [5.74, 6) is -0.0719. The van der Waals surface area contributed by atoms with E-state index in [1.807, 2.05) is 46.2 Å². The van der Waals surface area contributed by atoms with Gasteiger partial charge in [0, 0.05) is 37.8 Å². The molecule has 1 atom stereocenters. The largest absolute Gasteiger partial charge is 0.338 e. The van der Waals surface area contributed by atoms with Gasteiger partial charge >= 0.3 is 0 Å². The van der Waals surface area contributed by atoms with E-state index in [1.165, 1.54) is 22.0 Å². The maximum Gasteiger partial charge on any atom is 0.256 e. The van der Waals surface area contributed by atoms with Crippen LogP contribution in [0.15, 0.2) is 71.6 Å². The first kappa shape index (κ1) is 30.0. The van der Waals surface area contributed by atoms with Crippen LogP contribution in [0.4, 0.5) is 0 Å². The molecule has 10 heteroatoms. The first-order valence-electron chi connectivity index (χ1n) is 15.7. The number of nitriles is 1. The predicted octanol–water partition coefficient (Wildman–Crippen LogP) is 5.82. The Kier molecular flexibility index (Phi) is 7.71. The zero-order chi connectivity index (χ0) is 31.3. The number of aryl methyl sites for hydroxylation is 1. The van der Waals surface area contributed by atoms with Gasteiger partial charge in [-0.25, -0.2) is 8.42 Å². The second-order valence-corrected chi connectivity index (χ2v) is 15.2. The Bertz CT molecular complexity index is 1820. The summed E-state index contributed by atoms with van der Waals surface area (Å²) in [6.07, 6.45) is 5.79. The number of hydrogen-bond donors (Lipinski definition) is 0. The normalized spacial score (nSPS) is 21.0. The molecule has 2 saturated heterocycles. The number of rotatable bonds is 6. The average molecular weight is 643 g/mol. The Morgan fingerprint density at radius 3 is 2.38 bits per heavy atom. The van der Waals surface area contributed by atoms with Crippen molar-refractivity contribution in [1.82, 2.24) is 14.1 Å². The van der Waals surface area contributed by atoms with E-state index in [0.717, 1.165) is 37.7 Å². The third-order valence-corrected chi connectivity index (χ3v) is 12.5. The van der Waals surface area contributed by atoms with Gasteiger partial charge < -0.3 is 9.80 Å². The van der Waals surface area contributed by atoms with Gasteiger partial charge in [-0.05, 0) is 97.9 Å². The Morgan fingerprint density at radius 2 is 1.64 bits per heavy atom. The van der Waals surface area contributed by atoms with Crippen molar-refractivity contribution in [1.29, 1.82) is 5.26 Å². The summed E-state index contributed by atoms with van der Waals surface area (Å²) in [6.45, 7) is 1.94.